The van der Waals surface area contributed by atoms with E-state index in [1.807, 2.05) is 55.5 Å². The highest BCUT2D eigenvalue weighted by Gasteiger charge is 2.09. The third kappa shape index (κ3) is 3.55. The highest BCUT2D eigenvalue weighted by molar-refractivity contribution is 5.80. The number of nitrogens with zero attached hydrogens (tertiary/aromatic N) is 2. The molecule has 0 atom stereocenters. The zero-order valence-electron chi connectivity index (χ0n) is 13.6. The molecule has 2 aromatic carbocycles. The largest absolute Gasteiger partial charge is 0.497 e. The van der Waals surface area contributed by atoms with Crippen LogP contribution in [0.15, 0.2) is 54.9 Å². The maximum Gasteiger partial charge on any atom is 0.159 e. The number of aryl methyl sites for hydroxylation is 1. The van der Waals surface area contributed by atoms with Gasteiger partial charge in [0.2, 0.25) is 0 Å². The summed E-state index contributed by atoms with van der Waals surface area (Å²) in [4.78, 5) is 8.44. The lowest BCUT2D eigenvalue weighted by atomic mass is 10.2. The predicted octanol–water partition coefficient (Wildman–Crippen LogP) is 3.86. The lowest BCUT2D eigenvalue weighted by Crippen LogP contribution is -2.05. The molecule has 0 radical (unpaired) electrons. The third-order valence-electron chi connectivity index (χ3n) is 3.53. The fourth-order valence-electron chi connectivity index (χ4n) is 2.21. The molecule has 0 unspecified atom stereocenters. The summed E-state index contributed by atoms with van der Waals surface area (Å²) in [5.41, 5.74) is 9.58. The summed E-state index contributed by atoms with van der Waals surface area (Å²) in [5.74, 6) is 1.85. The van der Waals surface area contributed by atoms with Crippen LogP contribution >= 0.6 is 0 Å². The number of hydrogen-bond acceptors (Lipinski definition) is 6. The van der Waals surface area contributed by atoms with Gasteiger partial charge in [0.25, 0.3) is 0 Å². The van der Waals surface area contributed by atoms with Crippen LogP contribution in [-0.4, -0.2) is 17.1 Å². The van der Waals surface area contributed by atoms with Crippen LogP contribution in [0.5, 0.6) is 5.75 Å². The molecule has 0 fully saturated rings. The van der Waals surface area contributed by atoms with Gasteiger partial charge >= 0.3 is 0 Å². The van der Waals surface area contributed by atoms with Crippen molar-refractivity contribution in [2.24, 2.45) is 0 Å². The summed E-state index contributed by atoms with van der Waals surface area (Å²) in [5, 5.41) is 6.39. The Kier molecular flexibility index (Phi) is 4.47. The van der Waals surface area contributed by atoms with E-state index in [2.05, 4.69) is 20.6 Å². The molecule has 24 heavy (non-hydrogen) atoms. The number of nitrogens with two attached hydrogens (primary N) is 1. The molecule has 0 aliphatic heterocycles. The van der Waals surface area contributed by atoms with Crippen molar-refractivity contribution in [2.45, 2.75) is 6.92 Å². The maximum absolute atomic E-state index is 6.20. The summed E-state index contributed by atoms with van der Waals surface area (Å²) in [6.45, 7) is 2.04. The second-order valence-electron chi connectivity index (χ2n) is 5.33. The van der Waals surface area contributed by atoms with Crippen molar-refractivity contribution in [3.05, 3.63) is 60.4 Å². The van der Waals surface area contributed by atoms with Crippen LogP contribution < -0.4 is 21.1 Å². The second kappa shape index (κ2) is 6.87. The average molecular weight is 321 g/mol. The topological polar surface area (TPSA) is 85.1 Å². The van der Waals surface area contributed by atoms with E-state index in [4.69, 9.17) is 10.5 Å². The van der Waals surface area contributed by atoms with Crippen molar-refractivity contribution in [3.63, 3.8) is 0 Å². The van der Waals surface area contributed by atoms with Crippen LogP contribution in [0.1, 0.15) is 5.56 Å². The summed E-state index contributed by atoms with van der Waals surface area (Å²) < 4.78 is 5.22. The Hall–Kier alpha value is -3.28. The van der Waals surface area contributed by atoms with E-state index in [0.29, 0.717) is 17.3 Å². The summed E-state index contributed by atoms with van der Waals surface area (Å²) in [6, 6.07) is 15.6. The van der Waals surface area contributed by atoms with E-state index >= 15 is 0 Å². The van der Waals surface area contributed by atoms with Crippen LogP contribution in [0.2, 0.25) is 0 Å². The third-order valence-corrected chi connectivity index (χ3v) is 3.53. The molecule has 122 valence electrons. The Morgan fingerprint density at radius 3 is 2.25 bits per heavy atom. The molecule has 0 aliphatic carbocycles. The summed E-state index contributed by atoms with van der Waals surface area (Å²) in [6.07, 6.45) is 1.47. The van der Waals surface area contributed by atoms with Crippen LogP contribution in [-0.2, 0) is 0 Å². The number of anilines is 5. The molecular formula is C18H19N5O. The molecule has 0 aliphatic rings. The van der Waals surface area contributed by atoms with Crippen molar-refractivity contribution in [2.75, 3.05) is 23.5 Å². The minimum absolute atomic E-state index is 0.445. The fraction of sp³-hybridized carbons (Fsp3) is 0.111. The number of benzene rings is 2. The Bertz CT molecular complexity index is 833. The minimum Gasteiger partial charge on any atom is -0.497 e. The van der Waals surface area contributed by atoms with Crippen LogP contribution in [0.25, 0.3) is 0 Å². The number of aromatic nitrogens is 2. The first-order valence-corrected chi connectivity index (χ1v) is 7.51. The molecule has 6 heteroatoms. The molecule has 0 saturated heterocycles. The van der Waals surface area contributed by atoms with Crippen molar-refractivity contribution < 1.29 is 4.74 Å². The summed E-state index contributed by atoms with van der Waals surface area (Å²) in [7, 11) is 1.63. The zero-order valence-corrected chi connectivity index (χ0v) is 13.6. The molecule has 1 aromatic heterocycles. The van der Waals surface area contributed by atoms with Gasteiger partial charge < -0.3 is 21.1 Å². The summed E-state index contributed by atoms with van der Waals surface area (Å²) >= 11 is 0. The molecule has 0 saturated carbocycles. The van der Waals surface area contributed by atoms with E-state index in [9.17, 15) is 0 Å². The molecule has 4 N–H and O–H groups in total. The molecule has 1 heterocycles. The first-order valence-electron chi connectivity index (χ1n) is 7.51. The van der Waals surface area contributed by atoms with E-state index in [1.54, 1.807) is 7.11 Å². The van der Waals surface area contributed by atoms with Gasteiger partial charge in [0.05, 0.1) is 7.11 Å². The molecule has 0 spiro atoms. The average Bonchev–Trinajstić information content (AvgIpc) is 2.60. The monoisotopic (exact) mass is 321 g/mol. The van der Waals surface area contributed by atoms with Crippen LogP contribution in [0.4, 0.5) is 28.7 Å². The van der Waals surface area contributed by atoms with E-state index in [1.165, 1.54) is 11.9 Å². The maximum atomic E-state index is 6.20. The van der Waals surface area contributed by atoms with Gasteiger partial charge in [0, 0.05) is 17.4 Å². The molecule has 3 aromatic rings. The lowest BCUT2D eigenvalue weighted by Gasteiger charge is -2.13. The van der Waals surface area contributed by atoms with E-state index in [0.717, 1.165) is 17.1 Å². The molecule has 0 bridgehead atoms. The van der Waals surface area contributed by atoms with Gasteiger partial charge in [-0.15, -0.1) is 0 Å². The quantitative estimate of drug-likeness (QED) is 0.661. The van der Waals surface area contributed by atoms with Gasteiger partial charge in [-0.1, -0.05) is 23.8 Å². The van der Waals surface area contributed by atoms with E-state index < -0.39 is 0 Å². The van der Waals surface area contributed by atoms with Crippen molar-refractivity contribution in [1.82, 2.24) is 9.97 Å². The normalized spacial score (nSPS) is 10.2. The van der Waals surface area contributed by atoms with Gasteiger partial charge in [0.1, 0.15) is 17.8 Å². The SMILES string of the molecule is COc1cccc(Nc2ncnc(Nc3ccc(C)cc3)c2N)c1. The number of rotatable bonds is 5. The van der Waals surface area contributed by atoms with Gasteiger partial charge in [-0.25, -0.2) is 9.97 Å². The van der Waals surface area contributed by atoms with Gasteiger partial charge in [0.15, 0.2) is 11.6 Å². The van der Waals surface area contributed by atoms with E-state index in [-0.39, 0.29) is 0 Å². The Morgan fingerprint density at radius 1 is 0.917 bits per heavy atom. The predicted molar refractivity (Wildman–Crippen MR) is 97.2 cm³/mol. The molecule has 3 rings (SSSR count). The Balaban J connectivity index is 1.83. The highest BCUT2D eigenvalue weighted by Crippen LogP contribution is 2.29. The van der Waals surface area contributed by atoms with Gasteiger partial charge in [-0.2, -0.15) is 0 Å². The molecular weight excluding hydrogens is 302 g/mol. The van der Waals surface area contributed by atoms with Crippen molar-refractivity contribution in [3.8, 4) is 5.75 Å². The first kappa shape index (κ1) is 15.6. The van der Waals surface area contributed by atoms with Gasteiger partial charge in [-0.3, -0.25) is 0 Å². The number of ether oxygens (including phenoxy) is 1. The lowest BCUT2D eigenvalue weighted by molar-refractivity contribution is 0.415. The number of nitrogens with one attached hydrogen (secondary N) is 2. The van der Waals surface area contributed by atoms with Crippen molar-refractivity contribution >= 4 is 28.7 Å². The molecule has 6 nitrogen and oxygen atoms in total. The van der Waals surface area contributed by atoms with Crippen LogP contribution in [0, 0.1) is 6.92 Å². The first-order chi connectivity index (χ1) is 11.7. The Morgan fingerprint density at radius 2 is 1.58 bits per heavy atom. The van der Waals surface area contributed by atoms with Gasteiger partial charge in [-0.05, 0) is 31.2 Å². The second-order valence-corrected chi connectivity index (χ2v) is 5.33. The van der Waals surface area contributed by atoms with Crippen LogP contribution in [0.3, 0.4) is 0 Å². The molecule has 0 amide bonds. The number of methoxy groups -OCH3 is 1. The minimum atomic E-state index is 0.445. The smallest absolute Gasteiger partial charge is 0.159 e. The standard InChI is InChI=1S/C18H19N5O/c1-12-6-8-13(9-7-12)22-17-16(19)18(21-11-20-17)23-14-4-3-5-15(10-14)24-2/h3-11H,19H2,1-2H3,(H2,20,21,22,23). The fourth-order valence-corrected chi connectivity index (χ4v) is 2.21. The Labute approximate surface area is 140 Å². The number of nitrogen functional groups attached to an aromatic ring is 1. The highest BCUT2D eigenvalue weighted by atomic mass is 16.5. The zero-order chi connectivity index (χ0) is 16.9. The number of hydrogen-bond donors (Lipinski definition) is 3. The van der Waals surface area contributed by atoms with Crippen molar-refractivity contribution in [1.29, 1.82) is 0 Å².